The number of hydrogen-bond donors (Lipinski definition) is 1. The average molecular weight is 341 g/mol. The first kappa shape index (κ1) is 18.4. The van der Waals surface area contributed by atoms with E-state index in [1.165, 1.54) is 87.0 Å². The van der Waals surface area contributed by atoms with E-state index in [1.54, 1.807) is 0 Å². The minimum Gasteiger partial charge on any atom is -0.381 e. The highest BCUT2D eigenvalue weighted by atomic mass is 15.1. The van der Waals surface area contributed by atoms with Gasteiger partial charge in [-0.1, -0.05) is 25.8 Å². The third kappa shape index (κ3) is 4.80. The van der Waals surface area contributed by atoms with Gasteiger partial charge < -0.3 is 10.2 Å². The fraction of sp³-hybridized carbons (Fsp3) is 0.652. The second-order valence-corrected chi connectivity index (χ2v) is 8.34. The Morgan fingerprint density at radius 3 is 2.52 bits per heavy atom. The summed E-state index contributed by atoms with van der Waals surface area (Å²) in [5.74, 6) is 1.78. The van der Waals surface area contributed by atoms with Crippen molar-refractivity contribution in [2.45, 2.75) is 65.2 Å². The van der Waals surface area contributed by atoms with Crippen molar-refractivity contribution in [1.29, 1.82) is 0 Å². The maximum atomic E-state index is 3.88. The smallest absolute Gasteiger partial charge is 0.0406 e. The molecule has 1 aliphatic heterocycles. The highest BCUT2D eigenvalue weighted by Gasteiger charge is 2.21. The van der Waals surface area contributed by atoms with Crippen LogP contribution in [-0.4, -0.2) is 19.6 Å². The molecule has 2 aliphatic rings. The molecule has 0 amide bonds. The maximum absolute atomic E-state index is 3.88. The number of anilines is 2. The van der Waals surface area contributed by atoms with Crippen LogP contribution in [0.15, 0.2) is 24.8 Å². The largest absolute Gasteiger partial charge is 0.381 e. The fourth-order valence-electron chi connectivity index (χ4n) is 4.61. The number of rotatable bonds is 6. The summed E-state index contributed by atoms with van der Waals surface area (Å²) in [7, 11) is 0. The first-order valence-corrected chi connectivity index (χ1v) is 10.4. The molecular formula is C23H36N2. The van der Waals surface area contributed by atoms with Gasteiger partial charge in [-0.3, -0.25) is 0 Å². The maximum Gasteiger partial charge on any atom is 0.0406 e. The number of nitrogens with zero attached hydrogens (tertiary/aromatic N) is 1. The van der Waals surface area contributed by atoms with Gasteiger partial charge in [0.15, 0.2) is 0 Å². The standard InChI is InChI=1S/C23H36N2/c1-4-12-24-23-19(3)15-22(25-13-6-5-7-14-25)17-21(23)16-20-10-8-18(2)9-11-20/h4,15,17-18,20,24H,1,5-14,16H2,2-3H3. The minimum atomic E-state index is 0.846. The third-order valence-electron chi connectivity index (χ3n) is 6.19. The molecule has 0 aromatic heterocycles. The molecule has 0 bridgehead atoms. The molecule has 1 aromatic rings. The zero-order valence-corrected chi connectivity index (χ0v) is 16.3. The molecule has 0 unspecified atom stereocenters. The van der Waals surface area contributed by atoms with E-state index in [0.717, 1.165) is 18.4 Å². The lowest BCUT2D eigenvalue weighted by atomic mass is 9.79. The van der Waals surface area contributed by atoms with Gasteiger partial charge in [0.05, 0.1) is 0 Å². The monoisotopic (exact) mass is 340 g/mol. The summed E-state index contributed by atoms with van der Waals surface area (Å²) < 4.78 is 0. The summed E-state index contributed by atoms with van der Waals surface area (Å²) in [4.78, 5) is 2.60. The Kier molecular flexibility index (Phi) is 6.45. The van der Waals surface area contributed by atoms with Crippen molar-refractivity contribution in [2.24, 2.45) is 11.8 Å². The molecule has 1 N–H and O–H groups in total. The molecule has 1 saturated carbocycles. The van der Waals surface area contributed by atoms with E-state index < -0.39 is 0 Å². The first-order valence-electron chi connectivity index (χ1n) is 10.4. The minimum absolute atomic E-state index is 0.846. The number of aryl methyl sites for hydroxylation is 1. The van der Waals surface area contributed by atoms with Gasteiger partial charge in [-0.25, -0.2) is 0 Å². The molecule has 1 aliphatic carbocycles. The van der Waals surface area contributed by atoms with E-state index in [0.29, 0.717) is 0 Å². The second kappa shape index (κ2) is 8.78. The van der Waals surface area contributed by atoms with Crippen LogP contribution in [-0.2, 0) is 6.42 Å². The zero-order valence-electron chi connectivity index (χ0n) is 16.3. The van der Waals surface area contributed by atoms with Crippen LogP contribution in [0.1, 0.15) is 63.0 Å². The number of hydrogen-bond acceptors (Lipinski definition) is 2. The van der Waals surface area contributed by atoms with Crippen LogP contribution in [0.25, 0.3) is 0 Å². The fourth-order valence-corrected chi connectivity index (χ4v) is 4.61. The number of piperidine rings is 1. The highest BCUT2D eigenvalue weighted by molar-refractivity contribution is 5.66. The summed E-state index contributed by atoms with van der Waals surface area (Å²) in [5.41, 5.74) is 5.73. The van der Waals surface area contributed by atoms with Gasteiger partial charge in [0.25, 0.3) is 0 Å². The molecule has 25 heavy (non-hydrogen) atoms. The van der Waals surface area contributed by atoms with Gasteiger partial charge in [-0.05, 0) is 80.5 Å². The van der Waals surface area contributed by atoms with Crippen molar-refractivity contribution >= 4 is 11.4 Å². The van der Waals surface area contributed by atoms with Crippen molar-refractivity contribution in [3.63, 3.8) is 0 Å². The normalized spacial score (nSPS) is 24.2. The molecule has 2 heteroatoms. The predicted octanol–water partition coefficient (Wildman–Crippen LogP) is 5.95. The number of benzene rings is 1. The molecule has 0 spiro atoms. The number of nitrogens with one attached hydrogen (secondary N) is 1. The SMILES string of the molecule is C=CCNc1c(C)cc(N2CCCCC2)cc1CC1CCC(C)CC1. The van der Waals surface area contributed by atoms with E-state index in [2.05, 4.69) is 42.8 Å². The highest BCUT2D eigenvalue weighted by Crippen LogP contribution is 2.35. The molecule has 3 rings (SSSR count). The second-order valence-electron chi connectivity index (χ2n) is 8.34. The molecule has 2 nitrogen and oxygen atoms in total. The molecular weight excluding hydrogens is 304 g/mol. The zero-order chi connectivity index (χ0) is 17.6. The Morgan fingerprint density at radius 2 is 1.84 bits per heavy atom. The summed E-state index contributed by atoms with van der Waals surface area (Å²) in [6.07, 6.45) is 12.9. The van der Waals surface area contributed by atoms with E-state index in [9.17, 15) is 0 Å². The molecule has 1 aromatic carbocycles. The van der Waals surface area contributed by atoms with E-state index in [1.807, 2.05) is 6.08 Å². The Bertz CT molecular complexity index is 564. The molecule has 1 saturated heterocycles. The molecule has 1 heterocycles. The third-order valence-corrected chi connectivity index (χ3v) is 6.19. The summed E-state index contributed by atoms with van der Waals surface area (Å²) >= 11 is 0. The molecule has 0 atom stereocenters. The molecule has 138 valence electrons. The van der Waals surface area contributed by atoms with E-state index in [4.69, 9.17) is 0 Å². The van der Waals surface area contributed by atoms with Crippen LogP contribution in [0.4, 0.5) is 11.4 Å². The van der Waals surface area contributed by atoms with Crippen LogP contribution in [0.5, 0.6) is 0 Å². The lowest BCUT2D eigenvalue weighted by molar-refractivity contribution is 0.289. The van der Waals surface area contributed by atoms with Crippen LogP contribution < -0.4 is 10.2 Å². The Morgan fingerprint density at radius 1 is 1.12 bits per heavy atom. The summed E-state index contributed by atoms with van der Waals surface area (Å²) in [5, 5.41) is 3.62. The van der Waals surface area contributed by atoms with Crippen LogP contribution >= 0.6 is 0 Å². The van der Waals surface area contributed by atoms with Crippen LogP contribution in [0.3, 0.4) is 0 Å². The van der Waals surface area contributed by atoms with Crippen molar-refractivity contribution in [2.75, 3.05) is 29.9 Å². The van der Waals surface area contributed by atoms with Gasteiger partial charge in [0.1, 0.15) is 0 Å². The lowest BCUT2D eigenvalue weighted by Crippen LogP contribution is -2.29. The lowest BCUT2D eigenvalue weighted by Gasteiger charge is -2.31. The molecule has 0 radical (unpaired) electrons. The quantitative estimate of drug-likeness (QED) is 0.643. The van der Waals surface area contributed by atoms with Crippen molar-refractivity contribution in [1.82, 2.24) is 0 Å². The topological polar surface area (TPSA) is 15.3 Å². The van der Waals surface area contributed by atoms with Gasteiger partial charge in [0, 0.05) is 31.0 Å². The van der Waals surface area contributed by atoms with Crippen LogP contribution in [0.2, 0.25) is 0 Å². The Balaban J connectivity index is 1.82. The molecule has 2 fully saturated rings. The first-order chi connectivity index (χ1) is 12.2. The van der Waals surface area contributed by atoms with E-state index >= 15 is 0 Å². The van der Waals surface area contributed by atoms with E-state index in [-0.39, 0.29) is 0 Å². The summed E-state index contributed by atoms with van der Waals surface area (Å²) in [6, 6.07) is 4.88. The van der Waals surface area contributed by atoms with Crippen LogP contribution in [0, 0.1) is 18.8 Å². The predicted molar refractivity (Wildman–Crippen MR) is 111 cm³/mol. The Hall–Kier alpha value is -1.44. The van der Waals surface area contributed by atoms with Gasteiger partial charge >= 0.3 is 0 Å². The van der Waals surface area contributed by atoms with Gasteiger partial charge in [-0.2, -0.15) is 0 Å². The van der Waals surface area contributed by atoms with Gasteiger partial charge in [-0.15, -0.1) is 6.58 Å². The van der Waals surface area contributed by atoms with Crippen molar-refractivity contribution in [3.8, 4) is 0 Å². The average Bonchev–Trinajstić information content (AvgIpc) is 2.63. The van der Waals surface area contributed by atoms with Crippen molar-refractivity contribution < 1.29 is 0 Å². The summed E-state index contributed by atoms with van der Waals surface area (Å²) in [6.45, 7) is 11.8. The van der Waals surface area contributed by atoms with Gasteiger partial charge in [0.2, 0.25) is 0 Å². The van der Waals surface area contributed by atoms with Crippen molar-refractivity contribution in [3.05, 3.63) is 35.9 Å². The Labute approximate surface area is 154 Å².